The third-order valence-corrected chi connectivity index (χ3v) is 5.94. The molecular formula is C20H12ClF2N5O2S. The minimum absolute atomic E-state index is 0.0975. The van der Waals surface area contributed by atoms with Gasteiger partial charge < -0.3 is 0 Å². The predicted octanol–water partition coefficient (Wildman–Crippen LogP) is 3.79. The zero-order chi connectivity index (χ0) is 22.2. The maximum absolute atomic E-state index is 14.9. The van der Waals surface area contributed by atoms with Gasteiger partial charge >= 0.3 is 0 Å². The molecule has 0 spiro atoms. The number of hydrogen-bond acceptors (Lipinski definition) is 5. The predicted molar refractivity (Wildman–Crippen MR) is 111 cm³/mol. The number of nitrogens with zero attached hydrogens (tertiary/aromatic N) is 3. The lowest BCUT2D eigenvalue weighted by molar-refractivity contribution is 0.577. The summed E-state index contributed by atoms with van der Waals surface area (Å²) in [5.41, 5.74) is 0.0629. The molecule has 0 aliphatic carbocycles. The van der Waals surface area contributed by atoms with Crippen molar-refractivity contribution in [2.45, 2.75) is 11.8 Å². The zero-order valence-electron chi connectivity index (χ0n) is 15.7. The number of rotatable bonds is 3. The molecule has 0 aliphatic heterocycles. The minimum atomic E-state index is -4.23. The van der Waals surface area contributed by atoms with Crippen LogP contribution in [0.4, 0.5) is 14.5 Å². The molecule has 31 heavy (non-hydrogen) atoms. The summed E-state index contributed by atoms with van der Waals surface area (Å²) >= 11 is 5.82. The highest BCUT2D eigenvalue weighted by Crippen LogP contribution is 2.25. The maximum atomic E-state index is 14.9. The van der Waals surface area contributed by atoms with E-state index in [0.29, 0.717) is 16.6 Å². The molecule has 11 heteroatoms. The first kappa shape index (κ1) is 20.7. The van der Waals surface area contributed by atoms with Gasteiger partial charge in [-0.2, -0.15) is 5.10 Å². The van der Waals surface area contributed by atoms with Crippen LogP contribution in [0.2, 0.25) is 5.02 Å². The Bertz CT molecular complexity index is 1490. The molecule has 2 N–H and O–H groups in total. The normalized spacial score (nSPS) is 11.2. The number of aryl methyl sites for hydroxylation is 1. The standard InChI is InChI=1S/C20H12ClF2N5O2S/c1-11-18(7-14(21)10-24-11)31(29,30)28-17-5-4-16(22)15(19(17)23)3-2-12-6-13-9-26-27-20(13)25-8-12/h4-10,28H,1H3,(H,25,26,27). The molecule has 156 valence electrons. The Morgan fingerprint density at radius 2 is 1.90 bits per heavy atom. The van der Waals surface area contributed by atoms with Crippen molar-refractivity contribution >= 4 is 38.3 Å². The van der Waals surface area contributed by atoms with Crippen LogP contribution >= 0.6 is 11.6 Å². The summed E-state index contributed by atoms with van der Waals surface area (Å²) in [5.74, 6) is 2.94. The number of pyridine rings is 2. The van der Waals surface area contributed by atoms with Crippen LogP contribution in [0.15, 0.2) is 47.8 Å². The number of aromatic amines is 1. The molecule has 0 amide bonds. The molecule has 3 aromatic heterocycles. The van der Waals surface area contributed by atoms with Crippen LogP contribution in [0.25, 0.3) is 11.0 Å². The van der Waals surface area contributed by atoms with Crippen molar-refractivity contribution in [3.05, 3.63) is 76.3 Å². The van der Waals surface area contributed by atoms with Gasteiger partial charge in [0.1, 0.15) is 10.7 Å². The van der Waals surface area contributed by atoms with E-state index in [1.54, 1.807) is 6.07 Å². The van der Waals surface area contributed by atoms with Crippen LogP contribution < -0.4 is 4.72 Å². The summed E-state index contributed by atoms with van der Waals surface area (Å²) in [6, 6.07) is 4.73. The lowest BCUT2D eigenvalue weighted by atomic mass is 10.1. The summed E-state index contributed by atoms with van der Waals surface area (Å²) in [6.07, 6.45) is 4.25. The highest BCUT2D eigenvalue weighted by atomic mass is 35.5. The molecular weight excluding hydrogens is 448 g/mol. The number of aromatic nitrogens is 4. The number of halogens is 3. The van der Waals surface area contributed by atoms with Crippen LogP contribution in [0.1, 0.15) is 16.8 Å². The van der Waals surface area contributed by atoms with Crippen molar-refractivity contribution in [3.8, 4) is 11.8 Å². The van der Waals surface area contributed by atoms with Gasteiger partial charge in [-0.3, -0.25) is 14.8 Å². The first-order valence-corrected chi connectivity index (χ1v) is 10.5. The van der Waals surface area contributed by atoms with Crippen LogP contribution in [0, 0.1) is 30.4 Å². The summed E-state index contributed by atoms with van der Waals surface area (Å²) in [4.78, 5) is 7.75. The third-order valence-electron chi connectivity index (χ3n) is 4.26. The van der Waals surface area contributed by atoms with Crippen molar-refractivity contribution in [1.82, 2.24) is 20.2 Å². The Kier molecular flexibility index (Phi) is 5.31. The van der Waals surface area contributed by atoms with Gasteiger partial charge in [-0.25, -0.2) is 22.2 Å². The molecule has 0 saturated heterocycles. The Hall–Kier alpha value is -3.55. The van der Waals surface area contributed by atoms with Crippen LogP contribution in [-0.4, -0.2) is 28.6 Å². The van der Waals surface area contributed by atoms with E-state index >= 15 is 0 Å². The fourth-order valence-electron chi connectivity index (χ4n) is 2.75. The monoisotopic (exact) mass is 459 g/mol. The van der Waals surface area contributed by atoms with Gasteiger partial charge in [0.05, 0.1) is 28.2 Å². The van der Waals surface area contributed by atoms with Gasteiger partial charge in [0, 0.05) is 23.3 Å². The fourth-order valence-corrected chi connectivity index (χ4v) is 4.25. The van der Waals surface area contributed by atoms with Gasteiger partial charge in [-0.05, 0) is 31.2 Å². The second kappa shape index (κ2) is 7.94. The smallest absolute Gasteiger partial charge is 0.263 e. The topological polar surface area (TPSA) is 101 Å². The molecule has 0 radical (unpaired) electrons. The van der Waals surface area contributed by atoms with E-state index in [1.807, 2.05) is 0 Å². The lowest BCUT2D eigenvalue weighted by Gasteiger charge is -2.12. The number of fused-ring (bicyclic) bond motifs is 1. The van der Waals surface area contributed by atoms with Crippen LogP contribution in [0.3, 0.4) is 0 Å². The number of nitrogens with one attached hydrogen (secondary N) is 2. The van der Waals surface area contributed by atoms with E-state index in [2.05, 4.69) is 36.7 Å². The Morgan fingerprint density at radius 3 is 2.71 bits per heavy atom. The Labute approximate surface area is 180 Å². The van der Waals surface area contributed by atoms with Crippen molar-refractivity contribution in [2.24, 2.45) is 0 Å². The second-order valence-electron chi connectivity index (χ2n) is 6.41. The molecule has 3 heterocycles. The largest absolute Gasteiger partial charge is 0.277 e. The average Bonchev–Trinajstić information content (AvgIpc) is 3.19. The van der Waals surface area contributed by atoms with Gasteiger partial charge in [0.2, 0.25) is 0 Å². The number of anilines is 1. The summed E-state index contributed by atoms with van der Waals surface area (Å²) < 4.78 is 56.6. The SMILES string of the molecule is Cc1ncc(Cl)cc1S(=O)(=O)Nc1ccc(F)c(C#Cc2cnc3[nH]ncc3c2)c1F. The molecule has 1 aromatic carbocycles. The maximum Gasteiger partial charge on any atom is 0.263 e. The van der Waals surface area contributed by atoms with Gasteiger partial charge in [-0.15, -0.1) is 0 Å². The molecule has 0 fully saturated rings. The van der Waals surface area contributed by atoms with Gasteiger partial charge in [-0.1, -0.05) is 23.4 Å². The number of H-pyrrole nitrogens is 1. The molecule has 0 unspecified atom stereocenters. The Morgan fingerprint density at radius 1 is 1.10 bits per heavy atom. The molecule has 0 bridgehead atoms. The van der Waals surface area contributed by atoms with Crippen molar-refractivity contribution < 1.29 is 17.2 Å². The third kappa shape index (κ3) is 4.19. The molecule has 0 atom stereocenters. The molecule has 7 nitrogen and oxygen atoms in total. The number of benzene rings is 1. The van der Waals surface area contributed by atoms with E-state index in [4.69, 9.17) is 11.6 Å². The Balaban J connectivity index is 1.70. The van der Waals surface area contributed by atoms with Crippen molar-refractivity contribution in [1.29, 1.82) is 0 Å². The van der Waals surface area contributed by atoms with E-state index in [9.17, 15) is 17.2 Å². The molecule has 4 aromatic rings. The van der Waals surface area contributed by atoms with E-state index in [-0.39, 0.29) is 15.6 Å². The first-order chi connectivity index (χ1) is 14.7. The highest BCUT2D eigenvalue weighted by Gasteiger charge is 2.22. The zero-order valence-corrected chi connectivity index (χ0v) is 17.3. The van der Waals surface area contributed by atoms with Gasteiger partial charge in [0.15, 0.2) is 11.5 Å². The molecule has 0 saturated carbocycles. The lowest BCUT2D eigenvalue weighted by Crippen LogP contribution is -2.16. The van der Waals surface area contributed by atoms with Crippen molar-refractivity contribution in [3.63, 3.8) is 0 Å². The van der Waals surface area contributed by atoms with Crippen LogP contribution in [0.5, 0.6) is 0 Å². The highest BCUT2D eigenvalue weighted by molar-refractivity contribution is 7.92. The van der Waals surface area contributed by atoms with E-state index in [1.165, 1.54) is 31.6 Å². The second-order valence-corrected chi connectivity index (χ2v) is 8.50. The number of hydrogen-bond donors (Lipinski definition) is 2. The first-order valence-electron chi connectivity index (χ1n) is 8.69. The van der Waals surface area contributed by atoms with E-state index in [0.717, 1.165) is 12.1 Å². The molecule has 4 rings (SSSR count). The van der Waals surface area contributed by atoms with Gasteiger partial charge in [0.25, 0.3) is 10.0 Å². The quantitative estimate of drug-likeness (QED) is 0.454. The average molecular weight is 460 g/mol. The summed E-state index contributed by atoms with van der Waals surface area (Å²) in [5, 5.41) is 7.30. The minimum Gasteiger partial charge on any atom is -0.277 e. The fraction of sp³-hybridized carbons (Fsp3) is 0.0500. The van der Waals surface area contributed by atoms with E-state index < -0.39 is 32.9 Å². The summed E-state index contributed by atoms with van der Waals surface area (Å²) in [6.45, 7) is 1.47. The molecule has 0 aliphatic rings. The summed E-state index contributed by atoms with van der Waals surface area (Å²) in [7, 11) is -4.23. The number of sulfonamides is 1. The van der Waals surface area contributed by atoms with Crippen molar-refractivity contribution in [2.75, 3.05) is 4.72 Å². The van der Waals surface area contributed by atoms with Crippen LogP contribution in [-0.2, 0) is 10.0 Å².